The Morgan fingerprint density at radius 3 is 2.80 bits per heavy atom. The molecule has 0 saturated carbocycles. The molecule has 1 aromatic heterocycles. The molecule has 20 heavy (non-hydrogen) atoms. The Labute approximate surface area is 116 Å². The Morgan fingerprint density at radius 2 is 2.05 bits per heavy atom. The van der Waals surface area contributed by atoms with Gasteiger partial charge in [-0.1, -0.05) is 24.3 Å². The SMILES string of the molecule is O=S1(=O)C[C@H](C2c3ccccc3-c3cncn32)[C@@H](O)C1. The second-order valence-corrected chi connectivity index (χ2v) is 7.68. The molecule has 2 aromatic rings. The fraction of sp³-hybridized carbons (Fsp3) is 0.357. The first-order chi connectivity index (χ1) is 9.57. The fourth-order valence-electron chi connectivity index (χ4n) is 3.47. The van der Waals surface area contributed by atoms with Gasteiger partial charge in [-0.2, -0.15) is 0 Å². The second kappa shape index (κ2) is 3.93. The van der Waals surface area contributed by atoms with Crippen LogP contribution in [0.25, 0.3) is 11.3 Å². The van der Waals surface area contributed by atoms with Crippen molar-refractivity contribution in [1.29, 1.82) is 0 Å². The molecule has 4 rings (SSSR count). The van der Waals surface area contributed by atoms with Crippen molar-refractivity contribution in [2.24, 2.45) is 5.92 Å². The van der Waals surface area contributed by atoms with Crippen LogP contribution in [0.2, 0.25) is 0 Å². The van der Waals surface area contributed by atoms with E-state index in [2.05, 4.69) is 4.98 Å². The first-order valence-corrected chi connectivity index (χ1v) is 8.38. The monoisotopic (exact) mass is 290 g/mol. The van der Waals surface area contributed by atoms with Gasteiger partial charge in [-0.15, -0.1) is 0 Å². The van der Waals surface area contributed by atoms with E-state index in [1.54, 1.807) is 12.5 Å². The largest absolute Gasteiger partial charge is 0.392 e. The van der Waals surface area contributed by atoms with Gasteiger partial charge in [0, 0.05) is 11.5 Å². The maximum Gasteiger partial charge on any atom is 0.153 e. The average molecular weight is 290 g/mol. The summed E-state index contributed by atoms with van der Waals surface area (Å²) in [6, 6.07) is 7.78. The Kier molecular flexibility index (Phi) is 2.38. The van der Waals surface area contributed by atoms with E-state index in [1.165, 1.54) is 0 Å². The van der Waals surface area contributed by atoms with Crippen LogP contribution in [0.3, 0.4) is 0 Å². The molecule has 0 aliphatic carbocycles. The van der Waals surface area contributed by atoms with Gasteiger partial charge in [-0.05, 0) is 5.56 Å². The quantitative estimate of drug-likeness (QED) is 0.845. The summed E-state index contributed by atoms with van der Waals surface area (Å²) in [4.78, 5) is 4.16. The molecule has 0 amide bonds. The summed E-state index contributed by atoms with van der Waals surface area (Å²) in [6.07, 6.45) is 2.69. The lowest BCUT2D eigenvalue weighted by Crippen LogP contribution is -2.27. The smallest absolute Gasteiger partial charge is 0.153 e. The highest BCUT2D eigenvalue weighted by Crippen LogP contribution is 2.45. The highest BCUT2D eigenvalue weighted by atomic mass is 32.2. The number of aliphatic hydroxyl groups is 1. The molecule has 1 fully saturated rings. The molecule has 0 radical (unpaired) electrons. The molecule has 1 saturated heterocycles. The fourth-order valence-corrected chi connectivity index (χ4v) is 5.36. The van der Waals surface area contributed by atoms with Crippen LogP contribution in [0.4, 0.5) is 0 Å². The highest BCUT2D eigenvalue weighted by Gasteiger charge is 2.45. The van der Waals surface area contributed by atoms with Gasteiger partial charge in [0.1, 0.15) is 0 Å². The van der Waals surface area contributed by atoms with E-state index in [0.717, 1.165) is 16.8 Å². The molecule has 3 atom stereocenters. The first-order valence-electron chi connectivity index (χ1n) is 6.56. The number of hydrogen-bond acceptors (Lipinski definition) is 4. The molecule has 0 bridgehead atoms. The average Bonchev–Trinajstić information content (AvgIpc) is 3.02. The number of rotatable bonds is 1. The minimum absolute atomic E-state index is 0.0325. The third-order valence-corrected chi connectivity index (χ3v) is 6.03. The zero-order chi connectivity index (χ0) is 13.9. The van der Waals surface area contributed by atoms with Gasteiger partial charge in [-0.25, -0.2) is 13.4 Å². The van der Waals surface area contributed by atoms with Crippen LogP contribution in [0, 0.1) is 5.92 Å². The molecule has 5 nitrogen and oxygen atoms in total. The van der Waals surface area contributed by atoms with E-state index in [9.17, 15) is 13.5 Å². The highest BCUT2D eigenvalue weighted by molar-refractivity contribution is 7.91. The number of aliphatic hydroxyl groups excluding tert-OH is 1. The van der Waals surface area contributed by atoms with Crippen LogP contribution in [-0.4, -0.2) is 40.7 Å². The molecular formula is C14H14N2O3S. The van der Waals surface area contributed by atoms with Crippen molar-refractivity contribution in [3.05, 3.63) is 42.4 Å². The summed E-state index contributed by atoms with van der Waals surface area (Å²) < 4.78 is 25.6. The van der Waals surface area contributed by atoms with Crippen LogP contribution in [0.5, 0.6) is 0 Å². The van der Waals surface area contributed by atoms with E-state index in [0.29, 0.717) is 0 Å². The van der Waals surface area contributed by atoms with E-state index in [4.69, 9.17) is 0 Å². The standard InChI is InChI=1S/C14H14N2O3S/c17-13-7-20(18,19)6-11(13)14-10-4-2-1-3-9(10)12-5-15-8-16(12)14/h1-5,8,11,13-14,17H,6-7H2/t11-,13-,14?/m0/s1. The van der Waals surface area contributed by atoms with E-state index in [-0.39, 0.29) is 23.5 Å². The van der Waals surface area contributed by atoms with Gasteiger partial charge < -0.3 is 9.67 Å². The zero-order valence-corrected chi connectivity index (χ0v) is 11.5. The number of benzene rings is 1. The van der Waals surface area contributed by atoms with Gasteiger partial charge in [0.05, 0.1) is 41.9 Å². The van der Waals surface area contributed by atoms with Crippen LogP contribution in [-0.2, 0) is 9.84 Å². The number of nitrogens with zero attached hydrogens (tertiary/aromatic N) is 2. The third-order valence-electron chi connectivity index (χ3n) is 4.29. The van der Waals surface area contributed by atoms with E-state index in [1.807, 2.05) is 28.8 Å². The van der Waals surface area contributed by atoms with Crippen molar-refractivity contribution in [2.75, 3.05) is 11.5 Å². The molecule has 1 aromatic carbocycles. The van der Waals surface area contributed by atoms with Crippen molar-refractivity contribution in [2.45, 2.75) is 12.1 Å². The Morgan fingerprint density at radius 1 is 1.25 bits per heavy atom. The van der Waals surface area contributed by atoms with Gasteiger partial charge in [0.2, 0.25) is 0 Å². The summed E-state index contributed by atoms with van der Waals surface area (Å²) in [5.74, 6) is -0.415. The number of imidazole rings is 1. The minimum Gasteiger partial charge on any atom is -0.392 e. The molecule has 1 N–H and O–H groups in total. The number of sulfone groups is 1. The summed E-state index contributed by atoms with van der Waals surface area (Å²) in [5.41, 5.74) is 3.14. The van der Waals surface area contributed by atoms with Gasteiger partial charge >= 0.3 is 0 Å². The lowest BCUT2D eigenvalue weighted by Gasteiger charge is -2.23. The van der Waals surface area contributed by atoms with Crippen LogP contribution in [0.1, 0.15) is 11.6 Å². The Balaban J connectivity index is 1.87. The topological polar surface area (TPSA) is 72.2 Å². The molecular weight excluding hydrogens is 276 g/mol. The number of fused-ring (bicyclic) bond motifs is 3. The molecule has 104 valence electrons. The maximum absolute atomic E-state index is 11.8. The van der Waals surface area contributed by atoms with E-state index >= 15 is 0 Å². The number of aromatic nitrogens is 2. The molecule has 6 heteroatoms. The summed E-state index contributed by atoms with van der Waals surface area (Å²) >= 11 is 0. The lowest BCUT2D eigenvalue weighted by atomic mass is 9.90. The predicted octanol–water partition coefficient (Wildman–Crippen LogP) is 0.858. The van der Waals surface area contributed by atoms with Crippen molar-refractivity contribution in [3.8, 4) is 11.3 Å². The van der Waals surface area contributed by atoms with Crippen molar-refractivity contribution >= 4 is 9.84 Å². The maximum atomic E-state index is 11.8. The van der Waals surface area contributed by atoms with Crippen LogP contribution >= 0.6 is 0 Å². The molecule has 2 aliphatic heterocycles. The summed E-state index contributed by atoms with van der Waals surface area (Å²) in [6.45, 7) is 0. The molecule has 2 aliphatic rings. The Bertz CT molecular complexity index is 781. The van der Waals surface area contributed by atoms with Gasteiger partial charge in [0.25, 0.3) is 0 Å². The molecule has 1 unspecified atom stereocenters. The van der Waals surface area contributed by atoms with Crippen molar-refractivity contribution in [1.82, 2.24) is 9.55 Å². The Hall–Kier alpha value is -1.66. The molecule has 0 spiro atoms. The minimum atomic E-state index is -3.15. The number of hydrogen-bond donors (Lipinski definition) is 1. The third kappa shape index (κ3) is 1.58. The van der Waals surface area contributed by atoms with Crippen LogP contribution in [0.15, 0.2) is 36.8 Å². The normalized spacial score (nSPS) is 30.1. The summed E-state index contributed by atoms with van der Waals surface area (Å²) in [5, 5.41) is 10.2. The lowest BCUT2D eigenvalue weighted by molar-refractivity contribution is 0.128. The molecule has 3 heterocycles. The van der Waals surface area contributed by atoms with E-state index < -0.39 is 15.9 Å². The van der Waals surface area contributed by atoms with Crippen molar-refractivity contribution in [3.63, 3.8) is 0 Å². The predicted molar refractivity (Wildman–Crippen MR) is 74.0 cm³/mol. The van der Waals surface area contributed by atoms with Crippen LogP contribution < -0.4 is 0 Å². The second-order valence-electron chi connectivity index (χ2n) is 5.53. The first kappa shape index (κ1) is 12.1. The van der Waals surface area contributed by atoms with Gasteiger partial charge in [-0.3, -0.25) is 0 Å². The zero-order valence-electron chi connectivity index (χ0n) is 10.7. The van der Waals surface area contributed by atoms with Gasteiger partial charge in [0.15, 0.2) is 9.84 Å². The van der Waals surface area contributed by atoms with Crippen molar-refractivity contribution < 1.29 is 13.5 Å². The summed E-state index contributed by atoms with van der Waals surface area (Å²) in [7, 11) is -3.15.